The molecule has 1 amide bonds. The number of ether oxygens (including phenoxy) is 2. The molecule has 7 nitrogen and oxygen atoms in total. The lowest BCUT2D eigenvalue weighted by Gasteiger charge is -2.13. The Balaban J connectivity index is 2.28. The van der Waals surface area contributed by atoms with Gasteiger partial charge in [-0.3, -0.25) is 14.9 Å². The Morgan fingerprint density at radius 2 is 2.00 bits per heavy atom. The number of hydrogen-bond acceptors (Lipinski definition) is 5. The lowest BCUT2D eigenvalue weighted by Crippen LogP contribution is -2.14. The molecule has 0 heterocycles. The molecule has 1 N–H and O–H groups in total. The molecule has 0 aliphatic carbocycles. The minimum atomic E-state index is -3.03. The summed E-state index contributed by atoms with van der Waals surface area (Å²) in [4.78, 5) is 22.8. The van der Waals surface area contributed by atoms with Crippen molar-refractivity contribution in [1.82, 2.24) is 0 Å². The summed E-state index contributed by atoms with van der Waals surface area (Å²) in [5.41, 5.74) is 0.572. The quantitative estimate of drug-likeness (QED) is 0.587. The number of nitro benzene ring substituents is 1. The number of carbonyl (C=O) groups excluding carboxylic acids is 1. The van der Waals surface area contributed by atoms with Crippen LogP contribution in [0.5, 0.6) is 11.5 Å². The van der Waals surface area contributed by atoms with Crippen molar-refractivity contribution in [2.45, 2.75) is 20.5 Å². The van der Waals surface area contributed by atoms with E-state index in [9.17, 15) is 23.7 Å². The van der Waals surface area contributed by atoms with Crippen molar-refractivity contribution in [2.75, 3.05) is 11.9 Å². The zero-order chi connectivity index (χ0) is 19.3. The van der Waals surface area contributed by atoms with Gasteiger partial charge in [-0.25, -0.2) is 0 Å². The normalized spacial score (nSPS) is 10.5. The van der Waals surface area contributed by atoms with Gasteiger partial charge in [-0.1, -0.05) is 6.07 Å². The largest absolute Gasteiger partial charge is 0.490 e. The number of nitro groups is 1. The molecule has 0 radical (unpaired) electrons. The number of amides is 1. The van der Waals surface area contributed by atoms with E-state index in [1.54, 1.807) is 6.92 Å². The zero-order valence-corrected chi connectivity index (χ0v) is 14.0. The van der Waals surface area contributed by atoms with Gasteiger partial charge in [0.25, 0.3) is 11.6 Å². The molecule has 0 unspecified atom stereocenters. The number of alkyl halides is 2. The Morgan fingerprint density at radius 1 is 1.27 bits per heavy atom. The third-order valence-electron chi connectivity index (χ3n) is 3.47. The van der Waals surface area contributed by atoms with Crippen LogP contribution in [0.3, 0.4) is 0 Å². The van der Waals surface area contributed by atoms with E-state index in [0.29, 0.717) is 5.56 Å². The van der Waals surface area contributed by atoms with Crippen molar-refractivity contribution in [3.63, 3.8) is 0 Å². The van der Waals surface area contributed by atoms with Crippen molar-refractivity contribution in [3.8, 4) is 11.5 Å². The average Bonchev–Trinajstić information content (AvgIpc) is 2.57. The molecular formula is C17H16F2N2O5. The molecule has 0 saturated carbocycles. The van der Waals surface area contributed by atoms with Gasteiger partial charge in [0.1, 0.15) is 0 Å². The predicted molar refractivity (Wildman–Crippen MR) is 90.0 cm³/mol. The highest BCUT2D eigenvalue weighted by molar-refractivity contribution is 6.05. The highest BCUT2D eigenvalue weighted by Gasteiger charge is 2.18. The van der Waals surface area contributed by atoms with Crippen molar-refractivity contribution < 1.29 is 28.0 Å². The topological polar surface area (TPSA) is 90.7 Å². The second-order valence-electron chi connectivity index (χ2n) is 5.13. The molecule has 2 aromatic carbocycles. The average molecular weight is 366 g/mol. The maximum Gasteiger partial charge on any atom is 0.387 e. The molecule has 0 saturated heterocycles. The first kappa shape index (κ1) is 19.1. The summed E-state index contributed by atoms with van der Waals surface area (Å²) in [6.45, 7) is 0.334. The van der Waals surface area contributed by atoms with Crippen LogP contribution in [0.15, 0.2) is 36.4 Å². The summed E-state index contributed by atoms with van der Waals surface area (Å²) in [5, 5.41) is 13.5. The van der Waals surface area contributed by atoms with Crippen LogP contribution in [0.25, 0.3) is 0 Å². The molecule has 138 valence electrons. The predicted octanol–water partition coefficient (Wildman–Crippen LogP) is 4.16. The Labute approximate surface area is 147 Å². The molecule has 0 spiro atoms. The van der Waals surface area contributed by atoms with Crippen LogP contribution in [-0.2, 0) is 0 Å². The van der Waals surface area contributed by atoms with Crippen molar-refractivity contribution in [1.29, 1.82) is 0 Å². The second kappa shape index (κ2) is 8.24. The summed E-state index contributed by atoms with van der Waals surface area (Å²) in [7, 11) is 0. The van der Waals surface area contributed by atoms with Gasteiger partial charge < -0.3 is 14.8 Å². The molecule has 2 rings (SSSR count). The number of benzene rings is 2. The maximum atomic E-state index is 12.4. The Hall–Kier alpha value is -3.23. The Morgan fingerprint density at radius 3 is 2.62 bits per heavy atom. The van der Waals surface area contributed by atoms with Gasteiger partial charge in [-0.15, -0.1) is 0 Å². The number of nitrogens with zero attached hydrogens (tertiary/aromatic N) is 1. The molecular weight excluding hydrogens is 350 g/mol. The number of nitrogens with one attached hydrogen (secondary N) is 1. The van der Waals surface area contributed by atoms with E-state index >= 15 is 0 Å². The third-order valence-corrected chi connectivity index (χ3v) is 3.47. The number of rotatable bonds is 7. The molecule has 2 aromatic rings. The Kier molecular flexibility index (Phi) is 6.05. The molecule has 0 atom stereocenters. The summed E-state index contributed by atoms with van der Waals surface area (Å²) >= 11 is 0. The van der Waals surface area contributed by atoms with Crippen molar-refractivity contribution in [2.24, 2.45) is 0 Å². The van der Waals surface area contributed by atoms with Crippen LogP contribution in [0.4, 0.5) is 20.2 Å². The number of carbonyl (C=O) groups is 1. The molecule has 0 fully saturated rings. The van der Waals surface area contributed by atoms with E-state index in [2.05, 4.69) is 10.1 Å². The van der Waals surface area contributed by atoms with Crippen molar-refractivity contribution >= 4 is 17.3 Å². The van der Waals surface area contributed by atoms with E-state index in [-0.39, 0.29) is 35.0 Å². The molecule has 9 heteroatoms. The minimum Gasteiger partial charge on any atom is -0.490 e. The van der Waals surface area contributed by atoms with Crippen LogP contribution in [0.2, 0.25) is 0 Å². The molecule has 0 aliphatic rings. The summed E-state index contributed by atoms with van der Waals surface area (Å²) in [6, 6.07) is 8.07. The lowest BCUT2D eigenvalue weighted by atomic mass is 10.1. The van der Waals surface area contributed by atoms with E-state index in [1.165, 1.54) is 43.3 Å². The highest BCUT2D eigenvalue weighted by Crippen LogP contribution is 2.31. The minimum absolute atomic E-state index is 0.00351. The van der Waals surface area contributed by atoms with Crippen LogP contribution < -0.4 is 14.8 Å². The second-order valence-corrected chi connectivity index (χ2v) is 5.13. The molecule has 0 aromatic heterocycles. The number of hydrogen-bond donors (Lipinski definition) is 1. The molecule has 0 bridgehead atoms. The first-order valence-electron chi connectivity index (χ1n) is 7.60. The van der Waals surface area contributed by atoms with Gasteiger partial charge in [0.15, 0.2) is 11.5 Å². The number of halogens is 2. The number of anilines is 1. The summed E-state index contributed by atoms with van der Waals surface area (Å²) < 4.78 is 34.4. The SMILES string of the molecule is CCOc1cc(C(=O)Nc2cccc([N+](=O)[O-])c2C)ccc1OC(F)F. The highest BCUT2D eigenvalue weighted by atomic mass is 19.3. The maximum absolute atomic E-state index is 12.4. The van der Waals surface area contributed by atoms with Gasteiger partial charge >= 0.3 is 6.61 Å². The van der Waals surface area contributed by atoms with Gasteiger partial charge in [0.05, 0.1) is 22.8 Å². The fourth-order valence-corrected chi connectivity index (χ4v) is 2.26. The van der Waals surface area contributed by atoms with E-state index in [4.69, 9.17) is 4.74 Å². The van der Waals surface area contributed by atoms with Crippen LogP contribution >= 0.6 is 0 Å². The first-order valence-corrected chi connectivity index (χ1v) is 7.60. The van der Waals surface area contributed by atoms with Gasteiger partial charge in [0.2, 0.25) is 0 Å². The standard InChI is InChI=1S/C17H16F2N2O5/c1-3-25-15-9-11(7-8-14(15)26-17(18)19)16(22)20-12-5-4-6-13(10(12)2)21(23)24/h4-9,17H,3H2,1-2H3,(H,20,22). The van der Waals surface area contributed by atoms with Crippen LogP contribution in [0.1, 0.15) is 22.8 Å². The van der Waals surface area contributed by atoms with Gasteiger partial charge in [-0.2, -0.15) is 8.78 Å². The van der Waals surface area contributed by atoms with E-state index in [0.717, 1.165) is 0 Å². The molecule has 0 aliphatic heterocycles. The smallest absolute Gasteiger partial charge is 0.387 e. The van der Waals surface area contributed by atoms with Crippen LogP contribution in [0, 0.1) is 17.0 Å². The fourth-order valence-electron chi connectivity index (χ4n) is 2.26. The zero-order valence-electron chi connectivity index (χ0n) is 14.0. The summed E-state index contributed by atoms with van der Waals surface area (Å²) in [5.74, 6) is -0.765. The first-order chi connectivity index (χ1) is 12.3. The van der Waals surface area contributed by atoms with Gasteiger partial charge in [-0.05, 0) is 38.1 Å². The van der Waals surface area contributed by atoms with Crippen LogP contribution in [-0.4, -0.2) is 24.0 Å². The van der Waals surface area contributed by atoms with E-state index < -0.39 is 17.4 Å². The fraction of sp³-hybridized carbons (Fsp3) is 0.235. The third kappa shape index (κ3) is 4.44. The van der Waals surface area contributed by atoms with Crippen molar-refractivity contribution in [3.05, 3.63) is 57.6 Å². The Bertz CT molecular complexity index is 827. The lowest BCUT2D eigenvalue weighted by molar-refractivity contribution is -0.385. The monoisotopic (exact) mass is 366 g/mol. The summed E-state index contributed by atoms with van der Waals surface area (Å²) in [6.07, 6.45) is 0. The molecule has 26 heavy (non-hydrogen) atoms. The van der Waals surface area contributed by atoms with E-state index in [1.807, 2.05) is 0 Å². The van der Waals surface area contributed by atoms with Gasteiger partial charge in [0, 0.05) is 11.6 Å².